The molecule has 0 saturated carbocycles. The summed E-state index contributed by atoms with van der Waals surface area (Å²) in [6.07, 6.45) is 9.21. The monoisotopic (exact) mass is 400 g/mol. The summed E-state index contributed by atoms with van der Waals surface area (Å²) in [5.74, 6) is -0.0739. The summed E-state index contributed by atoms with van der Waals surface area (Å²) in [6, 6.07) is 0.291. The molecule has 2 aromatic heterocycles. The third-order valence-electron chi connectivity index (χ3n) is 5.94. The average molecular weight is 401 g/mol. The molecule has 2 aliphatic heterocycles. The minimum absolute atomic E-state index is 0.0739. The molecule has 0 aliphatic carbocycles. The number of likely N-dealkylation sites (tertiary alicyclic amines) is 1. The smallest absolute Gasteiger partial charge is 0.255 e. The lowest BCUT2D eigenvalue weighted by Gasteiger charge is -2.27. The zero-order chi connectivity index (χ0) is 20.1. The van der Waals surface area contributed by atoms with E-state index in [0.29, 0.717) is 18.2 Å². The summed E-state index contributed by atoms with van der Waals surface area (Å²) in [4.78, 5) is 20.0. The van der Waals surface area contributed by atoms with Gasteiger partial charge in [0, 0.05) is 45.1 Å². The Hall–Kier alpha value is -2.19. The van der Waals surface area contributed by atoms with E-state index in [-0.39, 0.29) is 5.91 Å². The molecule has 2 N–H and O–H groups in total. The Morgan fingerprint density at radius 2 is 2.00 bits per heavy atom. The number of rotatable bonds is 7. The van der Waals surface area contributed by atoms with Crippen molar-refractivity contribution in [3.8, 4) is 0 Å². The second kappa shape index (κ2) is 9.54. The van der Waals surface area contributed by atoms with E-state index in [1.807, 2.05) is 17.8 Å². The van der Waals surface area contributed by atoms with Gasteiger partial charge in [0.2, 0.25) is 0 Å². The van der Waals surface area contributed by atoms with Gasteiger partial charge in [-0.1, -0.05) is 6.42 Å². The van der Waals surface area contributed by atoms with Crippen LogP contribution < -0.4 is 10.6 Å². The molecule has 0 spiro atoms. The van der Waals surface area contributed by atoms with E-state index in [1.54, 1.807) is 6.20 Å². The minimum Gasteiger partial charge on any atom is -0.381 e. The number of piperidine rings is 1. The van der Waals surface area contributed by atoms with Crippen molar-refractivity contribution < 1.29 is 9.53 Å². The van der Waals surface area contributed by atoms with Crippen molar-refractivity contribution >= 4 is 22.6 Å². The molecule has 0 aromatic carbocycles. The minimum atomic E-state index is -0.0739. The number of hydrogen-bond donors (Lipinski definition) is 2. The molecule has 4 rings (SSSR count). The van der Waals surface area contributed by atoms with Crippen molar-refractivity contribution in [2.45, 2.75) is 51.6 Å². The van der Waals surface area contributed by atoms with Crippen molar-refractivity contribution in [3.05, 3.63) is 18.0 Å². The van der Waals surface area contributed by atoms with Crippen molar-refractivity contribution in [3.63, 3.8) is 0 Å². The lowest BCUT2D eigenvalue weighted by molar-refractivity contribution is 0.0903. The SMILES string of the molecule is CCn1ncc2c(NC3CCOCC3)c(C(=O)NCCN3CCCCC3)cnc21. The highest BCUT2D eigenvalue weighted by atomic mass is 16.5. The van der Waals surface area contributed by atoms with Crippen LogP contribution in [0, 0.1) is 0 Å². The van der Waals surface area contributed by atoms with Gasteiger partial charge in [-0.25, -0.2) is 9.67 Å². The van der Waals surface area contributed by atoms with Crippen LogP contribution in [-0.4, -0.2) is 71.0 Å². The number of aromatic nitrogens is 3. The Morgan fingerprint density at radius 3 is 2.76 bits per heavy atom. The number of nitrogens with one attached hydrogen (secondary N) is 2. The van der Waals surface area contributed by atoms with E-state index in [0.717, 1.165) is 69.0 Å². The largest absolute Gasteiger partial charge is 0.381 e. The highest BCUT2D eigenvalue weighted by Crippen LogP contribution is 2.28. The van der Waals surface area contributed by atoms with Crippen molar-refractivity contribution in [2.24, 2.45) is 0 Å². The molecule has 2 saturated heterocycles. The van der Waals surface area contributed by atoms with E-state index in [2.05, 4.69) is 25.6 Å². The lowest BCUT2D eigenvalue weighted by Crippen LogP contribution is -2.38. The zero-order valence-corrected chi connectivity index (χ0v) is 17.3. The van der Waals surface area contributed by atoms with Gasteiger partial charge in [0.1, 0.15) is 0 Å². The molecule has 2 fully saturated rings. The molecule has 29 heavy (non-hydrogen) atoms. The summed E-state index contributed by atoms with van der Waals surface area (Å²) in [5.41, 5.74) is 2.25. The third-order valence-corrected chi connectivity index (χ3v) is 5.94. The lowest BCUT2D eigenvalue weighted by atomic mass is 10.1. The fourth-order valence-electron chi connectivity index (χ4n) is 4.24. The van der Waals surface area contributed by atoms with E-state index in [1.165, 1.54) is 19.3 Å². The van der Waals surface area contributed by atoms with Crippen LogP contribution in [0.15, 0.2) is 12.4 Å². The van der Waals surface area contributed by atoms with Gasteiger partial charge < -0.3 is 20.3 Å². The van der Waals surface area contributed by atoms with Gasteiger partial charge >= 0.3 is 0 Å². The van der Waals surface area contributed by atoms with Crippen LogP contribution in [0.4, 0.5) is 5.69 Å². The number of pyridine rings is 1. The Bertz CT molecular complexity index is 824. The average Bonchev–Trinajstić information content (AvgIpc) is 3.19. The first-order valence-corrected chi connectivity index (χ1v) is 11.0. The number of nitrogens with zero attached hydrogens (tertiary/aromatic N) is 4. The second-order valence-electron chi connectivity index (χ2n) is 7.93. The number of carbonyl (C=O) groups is 1. The third kappa shape index (κ3) is 4.70. The molecule has 1 amide bonds. The molecule has 2 aromatic rings. The Kier molecular flexibility index (Phi) is 6.61. The van der Waals surface area contributed by atoms with Crippen LogP contribution >= 0.6 is 0 Å². The first kappa shape index (κ1) is 20.1. The predicted molar refractivity (Wildman–Crippen MR) is 113 cm³/mol. The van der Waals surface area contributed by atoms with Crippen LogP contribution in [0.5, 0.6) is 0 Å². The number of ether oxygens (including phenoxy) is 1. The van der Waals surface area contributed by atoms with E-state index >= 15 is 0 Å². The second-order valence-corrected chi connectivity index (χ2v) is 7.93. The summed E-state index contributed by atoms with van der Waals surface area (Å²) in [6.45, 7) is 8.11. The molecule has 0 unspecified atom stereocenters. The maximum Gasteiger partial charge on any atom is 0.255 e. The maximum atomic E-state index is 13.0. The number of aryl methyl sites for hydroxylation is 1. The maximum absolute atomic E-state index is 13.0. The first-order chi connectivity index (χ1) is 14.3. The van der Waals surface area contributed by atoms with Crippen molar-refractivity contribution in [2.75, 3.05) is 44.7 Å². The Labute approximate surface area is 172 Å². The topological polar surface area (TPSA) is 84.3 Å². The van der Waals surface area contributed by atoms with Gasteiger partial charge in [-0.15, -0.1) is 0 Å². The fraction of sp³-hybridized carbons (Fsp3) is 0.667. The number of amides is 1. The van der Waals surface area contributed by atoms with Crippen LogP contribution in [0.1, 0.15) is 49.4 Å². The van der Waals surface area contributed by atoms with E-state index in [9.17, 15) is 4.79 Å². The predicted octanol–water partition coefficient (Wildman–Crippen LogP) is 2.26. The molecule has 8 heteroatoms. The van der Waals surface area contributed by atoms with Crippen LogP contribution in [0.2, 0.25) is 0 Å². The molecule has 0 bridgehead atoms. The molecule has 158 valence electrons. The quantitative estimate of drug-likeness (QED) is 0.742. The Morgan fingerprint density at radius 1 is 1.21 bits per heavy atom. The number of carbonyl (C=O) groups excluding carboxylic acids is 1. The van der Waals surface area contributed by atoms with Gasteiger partial charge in [0.25, 0.3) is 5.91 Å². The van der Waals surface area contributed by atoms with Crippen LogP contribution in [0.3, 0.4) is 0 Å². The number of fused-ring (bicyclic) bond motifs is 1. The molecule has 8 nitrogen and oxygen atoms in total. The number of anilines is 1. The molecule has 4 heterocycles. The summed E-state index contributed by atoms with van der Waals surface area (Å²) >= 11 is 0. The molecular formula is C21H32N6O2. The fourth-order valence-corrected chi connectivity index (χ4v) is 4.24. The standard InChI is InChI=1S/C21H32N6O2/c1-2-27-20-17(15-24-27)19(25-16-6-12-29-13-7-16)18(14-23-20)21(28)22-8-11-26-9-4-3-5-10-26/h14-16H,2-13H2,1H3,(H,22,28)(H,23,25). The summed E-state index contributed by atoms with van der Waals surface area (Å²) in [7, 11) is 0. The molecule has 2 aliphatic rings. The van der Waals surface area contributed by atoms with Gasteiger partial charge in [0.05, 0.1) is 22.8 Å². The first-order valence-electron chi connectivity index (χ1n) is 11.0. The zero-order valence-electron chi connectivity index (χ0n) is 17.3. The van der Waals surface area contributed by atoms with Gasteiger partial charge in [-0.2, -0.15) is 5.10 Å². The van der Waals surface area contributed by atoms with E-state index in [4.69, 9.17) is 4.74 Å². The van der Waals surface area contributed by atoms with Gasteiger partial charge in [-0.05, 0) is 45.7 Å². The summed E-state index contributed by atoms with van der Waals surface area (Å²) < 4.78 is 7.35. The highest BCUT2D eigenvalue weighted by Gasteiger charge is 2.22. The van der Waals surface area contributed by atoms with Crippen molar-refractivity contribution in [1.82, 2.24) is 25.0 Å². The highest BCUT2D eigenvalue weighted by molar-refractivity contribution is 6.06. The number of hydrogen-bond acceptors (Lipinski definition) is 6. The van der Waals surface area contributed by atoms with Crippen LogP contribution in [0.25, 0.3) is 11.0 Å². The molecule has 0 atom stereocenters. The Balaban J connectivity index is 1.51. The van der Waals surface area contributed by atoms with E-state index < -0.39 is 0 Å². The van der Waals surface area contributed by atoms with Crippen LogP contribution in [-0.2, 0) is 11.3 Å². The van der Waals surface area contributed by atoms with Gasteiger partial charge in [-0.3, -0.25) is 4.79 Å². The van der Waals surface area contributed by atoms with Crippen molar-refractivity contribution in [1.29, 1.82) is 0 Å². The normalized spacial score (nSPS) is 18.8. The molecular weight excluding hydrogens is 368 g/mol. The summed E-state index contributed by atoms with van der Waals surface area (Å²) in [5, 5.41) is 12.0. The molecule has 0 radical (unpaired) electrons. The van der Waals surface area contributed by atoms with Gasteiger partial charge in [0.15, 0.2) is 5.65 Å².